The Hall–Kier alpha value is -0.730. The second-order valence-corrected chi connectivity index (χ2v) is 6.20. The van der Waals surface area contributed by atoms with Gasteiger partial charge in [0.05, 0.1) is 0 Å². The first-order valence-electron chi connectivity index (χ1n) is 6.79. The summed E-state index contributed by atoms with van der Waals surface area (Å²) < 4.78 is 0. The maximum atomic E-state index is 6.22. The largest absolute Gasteiger partial charge is 0.399 e. The topological polar surface area (TPSA) is 29.3 Å². The molecule has 0 unspecified atom stereocenters. The van der Waals surface area contributed by atoms with E-state index >= 15 is 0 Å². The summed E-state index contributed by atoms with van der Waals surface area (Å²) in [6, 6.07) is 5.75. The van der Waals surface area contributed by atoms with Gasteiger partial charge in [0.25, 0.3) is 0 Å². The van der Waals surface area contributed by atoms with Crippen molar-refractivity contribution in [3.05, 3.63) is 28.8 Å². The average molecular weight is 267 g/mol. The van der Waals surface area contributed by atoms with Gasteiger partial charge in [-0.25, -0.2) is 0 Å². The summed E-state index contributed by atoms with van der Waals surface area (Å²) >= 11 is 6.22. The first-order valence-corrected chi connectivity index (χ1v) is 7.16. The van der Waals surface area contributed by atoms with Gasteiger partial charge in [-0.05, 0) is 55.1 Å². The molecule has 0 aromatic heterocycles. The van der Waals surface area contributed by atoms with E-state index in [1.807, 2.05) is 18.2 Å². The number of nitrogens with zero attached hydrogens (tertiary/aromatic N) is 1. The van der Waals surface area contributed by atoms with Crippen LogP contribution in [0.1, 0.15) is 38.7 Å². The van der Waals surface area contributed by atoms with Crippen molar-refractivity contribution in [3.8, 4) is 0 Å². The second kappa shape index (κ2) is 5.50. The molecule has 18 heavy (non-hydrogen) atoms. The summed E-state index contributed by atoms with van der Waals surface area (Å²) in [6.45, 7) is 7.94. The Kier molecular flexibility index (Phi) is 4.18. The molecule has 1 fully saturated rings. The number of likely N-dealkylation sites (tertiary alicyclic amines) is 1. The van der Waals surface area contributed by atoms with E-state index in [9.17, 15) is 0 Å². The second-order valence-electron chi connectivity index (χ2n) is 5.79. The molecule has 1 aliphatic heterocycles. The van der Waals surface area contributed by atoms with E-state index in [-0.39, 0.29) is 0 Å². The van der Waals surface area contributed by atoms with Crippen molar-refractivity contribution in [1.29, 1.82) is 0 Å². The van der Waals surface area contributed by atoms with Crippen molar-refractivity contribution in [2.45, 2.75) is 39.7 Å². The molecule has 1 aliphatic rings. The van der Waals surface area contributed by atoms with Crippen molar-refractivity contribution in [2.75, 3.05) is 18.8 Å². The van der Waals surface area contributed by atoms with Gasteiger partial charge in [-0.2, -0.15) is 0 Å². The monoisotopic (exact) mass is 266 g/mol. The van der Waals surface area contributed by atoms with Crippen molar-refractivity contribution < 1.29 is 0 Å². The Morgan fingerprint density at radius 3 is 2.61 bits per heavy atom. The zero-order valence-electron chi connectivity index (χ0n) is 11.4. The Labute approximate surface area is 115 Å². The van der Waals surface area contributed by atoms with E-state index < -0.39 is 0 Å². The molecule has 0 radical (unpaired) electrons. The summed E-state index contributed by atoms with van der Waals surface area (Å²) in [6.07, 6.45) is 3.84. The molecule has 1 aromatic carbocycles. The molecule has 0 atom stereocenters. The molecule has 3 heteroatoms. The van der Waals surface area contributed by atoms with Gasteiger partial charge < -0.3 is 5.73 Å². The predicted octanol–water partition coefficient (Wildman–Crippen LogP) is 3.93. The normalized spacial score (nSPS) is 19.9. The standard InChI is InChI=1S/C15H23ClN2/c1-3-15(2)6-8-18(9-7-15)11-12-10-13(17)4-5-14(12)16/h4-5,10H,3,6-9,11,17H2,1-2H3. The van der Waals surface area contributed by atoms with E-state index in [0.717, 1.165) is 35.9 Å². The number of nitrogens with two attached hydrogens (primary N) is 1. The predicted molar refractivity (Wildman–Crippen MR) is 78.8 cm³/mol. The SMILES string of the molecule is CCC1(C)CCN(Cc2cc(N)ccc2Cl)CC1. The van der Waals surface area contributed by atoms with E-state index in [0.29, 0.717) is 5.41 Å². The minimum absolute atomic E-state index is 0.538. The maximum absolute atomic E-state index is 6.22. The van der Waals surface area contributed by atoms with Gasteiger partial charge >= 0.3 is 0 Å². The molecule has 0 saturated carbocycles. The minimum Gasteiger partial charge on any atom is -0.399 e. The van der Waals surface area contributed by atoms with Crippen molar-refractivity contribution in [3.63, 3.8) is 0 Å². The Morgan fingerprint density at radius 1 is 1.33 bits per heavy atom. The van der Waals surface area contributed by atoms with Gasteiger partial charge in [0.15, 0.2) is 0 Å². The highest BCUT2D eigenvalue weighted by Crippen LogP contribution is 2.34. The number of hydrogen-bond acceptors (Lipinski definition) is 2. The third-order valence-electron chi connectivity index (χ3n) is 4.38. The molecule has 1 heterocycles. The molecule has 100 valence electrons. The van der Waals surface area contributed by atoms with Crippen LogP contribution in [0, 0.1) is 5.41 Å². The lowest BCUT2D eigenvalue weighted by Crippen LogP contribution is -2.37. The van der Waals surface area contributed by atoms with Gasteiger partial charge in [0, 0.05) is 17.3 Å². The molecule has 2 nitrogen and oxygen atoms in total. The van der Waals surface area contributed by atoms with Crippen LogP contribution >= 0.6 is 11.6 Å². The highest BCUT2D eigenvalue weighted by Gasteiger charge is 2.28. The van der Waals surface area contributed by atoms with Gasteiger partial charge in [-0.1, -0.05) is 31.9 Å². The van der Waals surface area contributed by atoms with Crippen LogP contribution in [0.15, 0.2) is 18.2 Å². The molecular weight excluding hydrogens is 244 g/mol. The number of hydrogen-bond donors (Lipinski definition) is 1. The van der Waals surface area contributed by atoms with Crippen molar-refractivity contribution in [2.24, 2.45) is 5.41 Å². The average Bonchev–Trinajstić information content (AvgIpc) is 2.37. The summed E-state index contributed by atoms with van der Waals surface area (Å²) in [4.78, 5) is 2.48. The number of halogens is 1. The van der Waals surface area contributed by atoms with Crippen molar-refractivity contribution >= 4 is 17.3 Å². The Morgan fingerprint density at radius 2 is 2.00 bits per heavy atom. The highest BCUT2D eigenvalue weighted by molar-refractivity contribution is 6.31. The van der Waals surface area contributed by atoms with E-state index in [1.54, 1.807) is 0 Å². The summed E-state index contributed by atoms with van der Waals surface area (Å²) in [7, 11) is 0. The molecule has 0 bridgehead atoms. The first kappa shape index (κ1) is 13.7. The lowest BCUT2D eigenvalue weighted by atomic mass is 9.78. The summed E-state index contributed by atoms with van der Waals surface area (Å²) in [5, 5.41) is 0.827. The molecule has 2 rings (SSSR count). The zero-order chi connectivity index (χ0) is 13.2. The molecule has 0 amide bonds. The smallest absolute Gasteiger partial charge is 0.0452 e. The lowest BCUT2D eigenvalue weighted by Gasteiger charge is -2.39. The van der Waals surface area contributed by atoms with Gasteiger partial charge in [0.2, 0.25) is 0 Å². The third-order valence-corrected chi connectivity index (χ3v) is 4.75. The van der Waals surface area contributed by atoms with Crippen LogP contribution in [0.5, 0.6) is 0 Å². The quantitative estimate of drug-likeness (QED) is 0.840. The van der Waals surface area contributed by atoms with Crippen LogP contribution in [0.2, 0.25) is 5.02 Å². The van der Waals surface area contributed by atoms with Crippen LogP contribution in [0.3, 0.4) is 0 Å². The Bertz CT molecular complexity index is 409. The van der Waals surface area contributed by atoms with Crippen LogP contribution in [0.25, 0.3) is 0 Å². The molecule has 0 spiro atoms. The number of benzene rings is 1. The maximum Gasteiger partial charge on any atom is 0.0452 e. The summed E-state index contributed by atoms with van der Waals surface area (Å²) in [5.41, 5.74) is 8.30. The molecule has 2 N–H and O–H groups in total. The van der Waals surface area contributed by atoms with Crippen LogP contribution in [0.4, 0.5) is 5.69 Å². The van der Waals surface area contributed by atoms with Gasteiger partial charge in [0.1, 0.15) is 0 Å². The van der Waals surface area contributed by atoms with E-state index in [4.69, 9.17) is 17.3 Å². The van der Waals surface area contributed by atoms with Crippen LogP contribution < -0.4 is 5.73 Å². The number of piperidine rings is 1. The van der Waals surface area contributed by atoms with Gasteiger partial charge in [-0.3, -0.25) is 4.90 Å². The summed E-state index contributed by atoms with van der Waals surface area (Å²) in [5.74, 6) is 0. The third kappa shape index (κ3) is 3.18. The van der Waals surface area contributed by atoms with Gasteiger partial charge in [-0.15, -0.1) is 0 Å². The Balaban J connectivity index is 1.97. The molecule has 1 saturated heterocycles. The zero-order valence-corrected chi connectivity index (χ0v) is 12.1. The van der Waals surface area contributed by atoms with E-state index in [2.05, 4.69) is 18.7 Å². The fraction of sp³-hybridized carbons (Fsp3) is 0.600. The fourth-order valence-corrected chi connectivity index (χ4v) is 2.74. The number of anilines is 1. The minimum atomic E-state index is 0.538. The first-order chi connectivity index (χ1) is 8.52. The molecule has 0 aliphatic carbocycles. The van der Waals surface area contributed by atoms with Crippen LogP contribution in [-0.4, -0.2) is 18.0 Å². The molecular formula is C15H23ClN2. The number of rotatable bonds is 3. The number of nitrogen functional groups attached to an aromatic ring is 1. The fourth-order valence-electron chi connectivity index (χ4n) is 2.56. The highest BCUT2D eigenvalue weighted by atomic mass is 35.5. The van der Waals surface area contributed by atoms with E-state index in [1.165, 1.54) is 19.3 Å². The lowest BCUT2D eigenvalue weighted by molar-refractivity contribution is 0.110. The van der Waals surface area contributed by atoms with Crippen LogP contribution in [-0.2, 0) is 6.54 Å². The van der Waals surface area contributed by atoms with Crippen molar-refractivity contribution in [1.82, 2.24) is 4.90 Å². The molecule has 1 aromatic rings.